The Morgan fingerprint density at radius 3 is 2.82 bits per heavy atom. The normalized spacial score (nSPS) is 10.6. The van der Waals surface area contributed by atoms with E-state index in [1.807, 2.05) is 30.3 Å². The van der Waals surface area contributed by atoms with Crippen molar-refractivity contribution in [3.8, 4) is 11.3 Å². The molecule has 0 radical (unpaired) electrons. The fraction of sp³-hybridized carbons (Fsp3) is 0.0769. The molecule has 0 aliphatic heterocycles. The maximum atomic E-state index is 11.0. The zero-order valence-corrected chi connectivity index (χ0v) is 9.38. The molecule has 0 amide bonds. The second-order valence-electron chi connectivity index (χ2n) is 3.42. The van der Waals surface area contributed by atoms with Crippen molar-refractivity contribution in [2.45, 2.75) is 0 Å². The Bertz CT molecular complexity index is 529. The van der Waals surface area contributed by atoms with Crippen LogP contribution in [0.1, 0.15) is 5.56 Å². The molecule has 0 saturated heterocycles. The average molecular weight is 228 g/mol. The van der Waals surface area contributed by atoms with E-state index < -0.39 is 0 Å². The summed E-state index contributed by atoms with van der Waals surface area (Å²) in [4.78, 5) is 11.0. The van der Waals surface area contributed by atoms with Gasteiger partial charge >= 0.3 is 5.97 Å². The van der Waals surface area contributed by atoms with Crippen LogP contribution in [0.15, 0.2) is 42.6 Å². The summed E-state index contributed by atoms with van der Waals surface area (Å²) in [6, 6.07) is 9.80. The Balaban J connectivity index is 2.30. The summed E-state index contributed by atoms with van der Waals surface area (Å²) in [5, 5.41) is 6.88. The highest BCUT2D eigenvalue weighted by molar-refractivity contribution is 5.88. The van der Waals surface area contributed by atoms with Gasteiger partial charge in [0.2, 0.25) is 0 Å². The number of benzene rings is 1. The molecule has 0 aliphatic rings. The van der Waals surface area contributed by atoms with E-state index in [0.29, 0.717) is 0 Å². The number of H-pyrrole nitrogens is 1. The molecule has 1 heterocycles. The van der Waals surface area contributed by atoms with Gasteiger partial charge in [0.05, 0.1) is 19.0 Å². The predicted octanol–water partition coefficient (Wildman–Crippen LogP) is 2.26. The van der Waals surface area contributed by atoms with Crippen molar-refractivity contribution in [2.75, 3.05) is 7.11 Å². The summed E-state index contributed by atoms with van der Waals surface area (Å²) in [7, 11) is 1.35. The number of esters is 1. The summed E-state index contributed by atoms with van der Waals surface area (Å²) in [6.07, 6.45) is 4.72. The molecule has 0 unspecified atom stereocenters. The molecular formula is C13H12N2O2. The molecule has 1 aromatic carbocycles. The number of nitrogens with one attached hydrogen (secondary N) is 1. The van der Waals surface area contributed by atoms with Gasteiger partial charge in [-0.1, -0.05) is 30.3 Å². The maximum absolute atomic E-state index is 11.0. The van der Waals surface area contributed by atoms with Gasteiger partial charge in [0.25, 0.3) is 0 Å². The van der Waals surface area contributed by atoms with E-state index >= 15 is 0 Å². The van der Waals surface area contributed by atoms with Crippen LogP contribution in [0, 0.1) is 0 Å². The molecule has 2 rings (SSSR count). The quantitative estimate of drug-likeness (QED) is 0.647. The Morgan fingerprint density at radius 2 is 2.12 bits per heavy atom. The van der Waals surface area contributed by atoms with Gasteiger partial charge in [-0.25, -0.2) is 4.79 Å². The number of hydrogen-bond acceptors (Lipinski definition) is 3. The highest BCUT2D eigenvalue weighted by Gasteiger charge is 2.04. The van der Waals surface area contributed by atoms with Gasteiger partial charge in [-0.15, -0.1) is 0 Å². The van der Waals surface area contributed by atoms with E-state index in [-0.39, 0.29) is 5.97 Å². The van der Waals surface area contributed by atoms with E-state index in [0.717, 1.165) is 16.8 Å². The first-order valence-corrected chi connectivity index (χ1v) is 5.16. The van der Waals surface area contributed by atoms with Crippen molar-refractivity contribution in [3.63, 3.8) is 0 Å². The van der Waals surface area contributed by atoms with E-state index in [1.54, 1.807) is 12.3 Å². The molecule has 0 aliphatic carbocycles. The predicted molar refractivity (Wildman–Crippen MR) is 65.1 cm³/mol. The summed E-state index contributed by atoms with van der Waals surface area (Å²) in [5.74, 6) is -0.384. The average Bonchev–Trinajstić information content (AvgIpc) is 2.85. The molecule has 0 bridgehead atoms. The number of rotatable bonds is 3. The van der Waals surface area contributed by atoms with Crippen LogP contribution < -0.4 is 0 Å². The molecule has 4 heteroatoms. The first-order valence-electron chi connectivity index (χ1n) is 5.16. The minimum atomic E-state index is -0.384. The number of hydrogen-bond donors (Lipinski definition) is 1. The van der Waals surface area contributed by atoms with Crippen molar-refractivity contribution >= 4 is 12.0 Å². The first-order chi connectivity index (χ1) is 8.31. The van der Waals surface area contributed by atoms with Gasteiger partial charge in [-0.3, -0.25) is 5.10 Å². The van der Waals surface area contributed by atoms with Crippen LogP contribution in [0.2, 0.25) is 0 Å². The zero-order chi connectivity index (χ0) is 12.1. The number of nitrogens with zero attached hydrogens (tertiary/aromatic N) is 1. The molecule has 0 atom stereocenters. The van der Waals surface area contributed by atoms with E-state index in [4.69, 9.17) is 0 Å². The number of ether oxygens (including phenoxy) is 1. The molecule has 0 saturated carbocycles. The number of aromatic nitrogens is 2. The van der Waals surface area contributed by atoms with Gasteiger partial charge in [0, 0.05) is 17.2 Å². The smallest absolute Gasteiger partial charge is 0.330 e. The van der Waals surface area contributed by atoms with Crippen LogP contribution in [-0.4, -0.2) is 23.3 Å². The lowest BCUT2D eigenvalue weighted by molar-refractivity contribution is -0.134. The first kappa shape index (κ1) is 11.1. The summed E-state index contributed by atoms with van der Waals surface area (Å²) < 4.78 is 4.54. The van der Waals surface area contributed by atoms with Crippen LogP contribution >= 0.6 is 0 Å². The minimum absolute atomic E-state index is 0.384. The van der Waals surface area contributed by atoms with Crippen molar-refractivity contribution < 1.29 is 9.53 Å². The number of methoxy groups -OCH3 is 1. The Labute approximate surface area is 98.9 Å². The van der Waals surface area contributed by atoms with E-state index in [2.05, 4.69) is 14.9 Å². The minimum Gasteiger partial charge on any atom is -0.466 e. The van der Waals surface area contributed by atoms with Gasteiger partial charge in [0.1, 0.15) is 0 Å². The SMILES string of the molecule is COC(=O)C=Cc1cn[nH]c1-c1ccccc1. The Morgan fingerprint density at radius 1 is 1.35 bits per heavy atom. The summed E-state index contributed by atoms with van der Waals surface area (Å²) in [5.41, 5.74) is 2.75. The number of carbonyl (C=O) groups excluding carboxylic acids is 1. The molecule has 17 heavy (non-hydrogen) atoms. The zero-order valence-electron chi connectivity index (χ0n) is 9.38. The fourth-order valence-corrected chi connectivity index (χ4v) is 1.48. The Hall–Kier alpha value is -2.36. The number of aromatic amines is 1. The lowest BCUT2D eigenvalue weighted by Crippen LogP contribution is -1.93. The highest BCUT2D eigenvalue weighted by Crippen LogP contribution is 2.21. The lowest BCUT2D eigenvalue weighted by atomic mass is 10.1. The monoisotopic (exact) mass is 228 g/mol. The van der Waals surface area contributed by atoms with Crippen LogP contribution in [-0.2, 0) is 9.53 Å². The molecule has 1 N–H and O–H groups in total. The highest BCUT2D eigenvalue weighted by atomic mass is 16.5. The Kier molecular flexibility index (Phi) is 3.35. The van der Waals surface area contributed by atoms with E-state index in [9.17, 15) is 4.79 Å². The van der Waals surface area contributed by atoms with Crippen LogP contribution in [0.25, 0.3) is 17.3 Å². The van der Waals surface area contributed by atoms with E-state index in [1.165, 1.54) is 13.2 Å². The van der Waals surface area contributed by atoms with Gasteiger partial charge in [0.15, 0.2) is 0 Å². The fourth-order valence-electron chi connectivity index (χ4n) is 1.48. The van der Waals surface area contributed by atoms with Gasteiger partial charge in [-0.2, -0.15) is 5.10 Å². The third-order valence-electron chi connectivity index (χ3n) is 2.33. The molecule has 0 spiro atoms. The third kappa shape index (κ3) is 2.60. The standard InChI is InChI=1S/C13H12N2O2/c1-17-12(16)8-7-11-9-14-15-13(11)10-5-3-2-4-6-10/h2-9H,1H3,(H,14,15). The third-order valence-corrected chi connectivity index (χ3v) is 2.33. The number of carbonyl (C=O) groups is 1. The largest absolute Gasteiger partial charge is 0.466 e. The summed E-state index contributed by atoms with van der Waals surface area (Å²) in [6.45, 7) is 0. The van der Waals surface area contributed by atoms with Gasteiger partial charge in [-0.05, 0) is 6.08 Å². The van der Waals surface area contributed by atoms with Gasteiger partial charge < -0.3 is 4.74 Å². The van der Waals surface area contributed by atoms with Crippen molar-refractivity contribution in [1.29, 1.82) is 0 Å². The van der Waals surface area contributed by atoms with Crippen molar-refractivity contribution in [3.05, 3.63) is 48.2 Å². The van der Waals surface area contributed by atoms with Crippen molar-refractivity contribution in [2.24, 2.45) is 0 Å². The molecule has 2 aromatic rings. The summed E-state index contributed by atoms with van der Waals surface area (Å²) >= 11 is 0. The molecular weight excluding hydrogens is 216 g/mol. The maximum Gasteiger partial charge on any atom is 0.330 e. The molecule has 0 fully saturated rings. The van der Waals surface area contributed by atoms with Crippen molar-refractivity contribution in [1.82, 2.24) is 10.2 Å². The van der Waals surface area contributed by atoms with Crippen LogP contribution in [0.5, 0.6) is 0 Å². The second kappa shape index (κ2) is 5.12. The molecule has 86 valence electrons. The second-order valence-corrected chi connectivity index (χ2v) is 3.42. The topological polar surface area (TPSA) is 55.0 Å². The molecule has 4 nitrogen and oxygen atoms in total. The van der Waals surface area contributed by atoms with Crippen LogP contribution in [0.4, 0.5) is 0 Å². The van der Waals surface area contributed by atoms with Crippen LogP contribution in [0.3, 0.4) is 0 Å². The molecule has 1 aromatic heterocycles. The lowest BCUT2D eigenvalue weighted by Gasteiger charge is -1.98.